The summed E-state index contributed by atoms with van der Waals surface area (Å²) in [5.74, 6) is -0.142. The molecule has 15 heavy (non-hydrogen) atoms. The normalized spacial score (nSPS) is 29.9. The van der Waals surface area contributed by atoms with Crippen LogP contribution in [0.25, 0.3) is 0 Å². The molecule has 1 amide bonds. The van der Waals surface area contributed by atoms with Gasteiger partial charge < -0.3 is 4.90 Å². The van der Waals surface area contributed by atoms with Crippen molar-refractivity contribution in [1.29, 1.82) is 0 Å². The van der Waals surface area contributed by atoms with Crippen LogP contribution in [0.1, 0.15) is 34.6 Å². The molecule has 0 aliphatic carbocycles. The van der Waals surface area contributed by atoms with Crippen LogP contribution in [0.15, 0.2) is 30.3 Å². The third-order valence-corrected chi connectivity index (χ3v) is 2.86. The van der Waals surface area contributed by atoms with Gasteiger partial charge in [0.2, 0.25) is 5.91 Å². The Kier molecular flexibility index (Phi) is 1.78. The molecule has 2 rings (SSSR count). The average molecular weight is 205 g/mol. The minimum atomic E-state index is -1.57. The maximum Gasteiger partial charge on any atom is 0.228 e. The van der Waals surface area contributed by atoms with Crippen LogP contribution in [0.4, 0.5) is 0 Å². The van der Waals surface area contributed by atoms with Crippen LogP contribution in [0.5, 0.6) is 0 Å². The first-order chi connectivity index (χ1) is 7.80. The molecule has 0 unspecified atom stereocenters. The first-order valence-electron chi connectivity index (χ1n) is 6.12. The number of benzene rings is 1. The Hall–Kier alpha value is -1.31. The minimum Gasteiger partial charge on any atom is -0.338 e. The fraction of sp³-hybridized carbons (Fsp3) is 0.462. The Bertz CT molecular complexity index is 442. The van der Waals surface area contributed by atoms with Crippen molar-refractivity contribution in [1.82, 2.24) is 4.90 Å². The number of hydrogen-bond donors (Lipinski definition) is 0. The van der Waals surface area contributed by atoms with Crippen LogP contribution in [-0.2, 0) is 4.79 Å². The maximum atomic E-state index is 12.1. The molecule has 2 heteroatoms. The first-order valence-corrected chi connectivity index (χ1v) is 5.12. The molecule has 1 saturated heterocycles. The van der Waals surface area contributed by atoms with E-state index in [-0.39, 0.29) is 5.91 Å². The highest BCUT2D eigenvalue weighted by atomic mass is 16.2. The first kappa shape index (κ1) is 7.91. The van der Waals surface area contributed by atoms with Gasteiger partial charge in [0.05, 0.1) is 6.04 Å². The number of likely N-dealkylation sites (tertiary alicyclic amines) is 1. The van der Waals surface area contributed by atoms with Gasteiger partial charge >= 0.3 is 0 Å². The lowest BCUT2D eigenvalue weighted by Gasteiger charge is -2.19. The second-order valence-corrected chi connectivity index (χ2v) is 4.50. The van der Waals surface area contributed by atoms with Crippen LogP contribution >= 0.6 is 0 Å². The highest BCUT2D eigenvalue weighted by molar-refractivity contribution is 5.84. The van der Waals surface area contributed by atoms with Gasteiger partial charge in [0.1, 0.15) is 0 Å². The van der Waals surface area contributed by atoms with Gasteiger partial charge in [0, 0.05) is 15.2 Å². The molecule has 1 atom stereocenters. The lowest BCUT2D eigenvalue weighted by molar-refractivity contribution is -0.134. The standard InChI is InChI=1S/C13H17NO/c1-13(2)9-11(14(3)12(13)15)10-7-5-4-6-8-10/h4-8,11H,9H2,1-3H3/t11-/m1/s1/i9D2. The number of hydrogen-bond acceptors (Lipinski definition) is 1. The SMILES string of the molecule is [2H]C1([2H])[C@H](c2ccccc2)N(C)C(=O)C1(C)C. The van der Waals surface area contributed by atoms with E-state index in [2.05, 4.69) is 0 Å². The molecule has 0 radical (unpaired) electrons. The minimum absolute atomic E-state index is 0.142. The van der Waals surface area contributed by atoms with Gasteiger partial charge in [-0.15, -0.1) is 0 Å². The lowest BCUT2D eigenvalue weighted by Crippen LogP contribution is -2.28. The number of carbonyl (C=O) groups excluding carboxylic acids is 1. The molecule has 2 nitrogen and oxygen atoms in total. The molecule has 1 aromatic rings. The Labute approximate surface area is 93.7 Å². The molecule has 0 saturated carbocycles. The third kappa shape index (κ3) is 1.65. The van der Waals surface area contributed by atoms with Gasteiger partial charge in [-0.3, -0.25) is 4.79 Å². The van der Waals surface area contributed by atoms with E-state index in [0.29, 0.717) is 0 Å². The summed E-state index contributed by atoms with van der Waals surface area (Å²) in [6.45, 7) is 3.35. The summed E-state index contributed by atoms with van der Waals surface area (Å²) in [4.78, 5) is 13.6. The Morgan fingerprint density at radius 2 is 2.00 bits per heavy atom. The number of rotatable bonds is 1. The highest BCUT2D eigenvalue weighted by Gasteiger charge is 2.43. The van der Waals surface area contributed by atoms with Gasteiger partial charge in [0.15, 0.2) is 0 Å². The van der Waals surface area contributed by atoms with Crippen LogP contribution in [0.2, 0.25) is 0 Å². The Morgan fingerprint density at radius 3 is 2.47 bits per heavy atom. The van der Waals surface area contributed by atoms with E-state index < -0.39 is 17.8 Å². The van der Waals surface area contributed by atoms with Gasteiger partial charge in [-0.25, -0.2) is 0 Å². The van der Waals surface area contributed by atoms with Crippen LogP contribution in [0.3, 0.4) is 0 Å². The summed E-state index contributed by atoms with van der Waals surface area (Å²) < 4.78 is 16.5. The quantitative estimate of drug-likeness (QED) is 0.690. The van der Waals surface area contributed by atoms with Gasteiger partial charge in [0.25, 0.3) is 0 Å². The molecule has 1 aliphatic heterocycles. The van der Waals surface area contributed by atoms with Crippen molar-refractivity contribution in [2.45, 2.75) is 26.3 Å². The third-order valence-electron chi connectivity index (χ3n) is 2.86. The zero-order valence-corrected chi connectivity index (χ0v) is 9.32. The largest absolute Gasteiger partial charge is 0.338 e. The summed E-state index contributed by atoms with van der Waals surface area (Å²) in [5.41, 5.74) is -0.138. The zero-order valence-electron chi connectivity index (χ0n) is 11.3. The Balaban J connectivity index is 2.52. The topological polar surface area (TPSA) is 20.3 Å². The van der Waals surface area contributed by atoms with E-state index >= 15 is 0 Å². The van der Waals surface area contributed by atoms with Crippen molar-refractivity contribution in [3.05, 3.63) is 35.9 Å². The van der Waals surface area contributed by atoms with Crippen LogP contribution in [-0.4, -0.2) is 17.9 Å². The van der Waals surface area contributed by atoms with E-state index in [9.17, 15) is 4.79 Å². The smallest absolute Gasteiger partial charge is 0.228 e. The molecule has 0 bridgehead atoms. The van der Waals surface area contributed by atoms with Crippen molar-refractivity contribution in [3.63, 3.8) is 0 Å². The van der Waals surface area contributed by atoms with Gasteiger partial charge in [-0.05, 0) is 11.9 Å². The fourth-order valence-corrected chi connectivity index (χ4v) is 2.00. The van der Waals surface area contributed by atoms with Gasteiger partial charge in [-0.2, -0.15) is 0 Å². The molecule has 1 fully saturated rings. The van der Waals surface area contributed by atoms with Crippen molar-refractivity contribution in [2.75, 3.05) is 7.05 Å². The highest BCUT2D eigenvalue weighted by Crippen LogP contribution is 2.42. The van der Waals surface area contributed by atoms with E-state index in [1.54, 1.807) is 20.9 Å². The van der Waals surface area contributed by atoms with Crippen molar-refractivity contribution in [2.24, 2.45) is 5.41 Å². The average Bonchev–Trinajstić information content (AvgIpc) is 2.39. The summed E-state index contributed by atoms with van der Waals surface area (Å²) in [6.07, 6.45) is -1.57. The van der Waals surface area contributed by atoms with Crippen molar-refractivity contribution < 1.29 is 7.54 Å². The zero-order chi connectivity index (χ0) is 12.8. The maximum absolute atomic E-state index is 12.1. The fourth-order valence-electron chi connectivity index (χ4n) is 2.00. The predicted octanol–water partition coefficient (Wildman–Crippen LogP) is 2.62. The molecule has 0 spiro atoms. The van der Waals surface area contributed by atoms with E-state index in [4.69, 9.17) is 2.74 Å². The molecular formula is C13H17NO. The molecule has 1 heterocycles. The summed E-state index contributed by atoms with van der Waals surface area (Å²) >= 11 is 0. The van der Waals surface area contributed by atoms with Crippen molar-refractivity contribution >= 4 is 5.91 Å². The second kappa shape index (κ2) is 3.37. The number of carbonyl (C=O) groups is 1. The molecule has 0 N–H and O–H groups in total. The van der Waals surface area contributed by atoms with Crippen LogP contribution < -0.4 is 0 Å². The van der Waals surface area contributed by atoms with Crippen LogP contribution in [0, 0.1) is 5.41 Å². The molecule has 1 aliphatic rings. The van der Waals surface area contributed by atoms with Crippen molar-refractivity contribution in [3.8, 4) is 0 Å². The second-order valence-electron chi connectivity index (χ2n) is 4.50. The molecule has 80 valence electrons. The molecular weight excluding hydrogens is 186 g/mol. The van der Waals surface area contributed by atoms with E-state index in [1.165, 1.54) is 4.90 Å². The number of amides is 1. The molecule has 1 aromatic carbocycles. The summed E-state index contributed by atoms with van der Waals surface area (Å²) in [6, 6.07) is 8.86. The lowest BCUT2D eigenvalue weighted by atomic mass is 9.88. The summed E-state index contributed by atoms with van der Waals surface area (Å²) in [7, 11) is 1.67. The summed E-state index contributed by atoms with van der Waals surface area (Å²) in [5, 5.41) is 0. The van der Waals surface area contributed by atoms with E-state index in [0.717, 1.165) is 5.56 Å². The molecule has 0 aromatic heterocycles. The monoisotopic (exact) mass is 205 g/mol. The van der Waals surface area contributed by atoms with Gasteiger partial charge in [-0.1, -0.05) is 44.2 Å². The number of nitrogens with zero attached hydrogens (tertiary/aromatic N) is 1. The Morgan fingerprint density at radius 1 is 1.40 bits per heavy atom. The predicted molar refractivity (Wildman–Crippen MR) is 60.4 cm³/mol. The van der Waals surface area contributed by atoms with E-state index in [1.807, 2.05) is 30.3 Å².